The fourth-order valence-corrected chi connectivity index (χ4v) is 4.72. The Kier molecular flexibility index (Phi) is 8.58. The first-order valence-corrected chi connectivity index (χ1v) is 11.8. The van der Waals surface area contributed by atoms with Gasteiger partial charge in [-0.15, -0.1) is 0 Å². The number of guanidine groups is 1. The van der Waals surface area contributed by atoms with Crippen LogP contribution in [0.4, 0.5) is 0 Å². The van der Waals surface area contributed by atoms with E-state index in [1.807, 2.05) is 7.05 Å². The van der Waals surface area contributed by atoms with Gasteiger partial charge in [0, 0.05) is 59.5 Å². The summed E-state index contributed by atoms with van der Waals surface area (Å²) >= 11 is 0. The summed E-state index contributed by atoms with van der Waals surface area (Å²) in [7, 11) is 1.88. The number of hydrogen-bond donors (Lipinski definition) is 1. The highest BCUT2D eigenvalue weighted by Gasteiger charge is 2.27. The Morgan fingerprint density at radius 1 is 1.06 bits per heavy atom. The molecule has 3 saturated heterocycles. The molecule has 3 aliphatic heterocycles. The first-order chi connectivity index (χ1) is 15.3. The van der Waals surface area contributed by atoms with Gasteiger partial charge in [0.2, 0.25) is 0 Å². The molecule has 1 aromatic carbocycles. The molecule has 7 nitrogen and oxygen atoms in total. The highest BCUT2D eigenvalue weighted by atomic mass is 16.5. The zero-order chi connectivity index (χ0) is 21.3. The smallest absolute Gasteiger partial charge is 0.193 e. The lowest BCUT2D eigenvalue weighted by Gasteiger charge is -2.29. The second-order valence-electron chi connectivity index (χ2n) is 8.86. The molecule has 0 aromatic heterocycles. The van der Waals surface area contributed by atoms with Gasteiger partial charge in [0.15, 0.2) is 5.96 Å². The maximum Gasteiger partial charge on any atom is 0.193 e. The fourth-order valence-electron chi connectivity index (χ4n) is 4.72. The fraction of sp³-hybridized carbons (Fsp3) is 0.708. The summed E-state index contributed by atoms with van der Waals surface area (Å²) in [6.45, 7) is 10.3. The molecule has 7 heteroatoms. The van der Waals surface area contributed by atoms with E-state index in [1.165, 1.54) is 24.1 Å². The minimum absolute atomic E-state index is 0.329. The number of ether oxygens (including phenoxy) is 3. The predicted molar refractivity (Wildman–Crippen MR) is 122 cm³/mol. The number of rotatable bonds is 7. The van der Waals surface area contributed by atoms with E-state index in [-0.39, 0.29) is 0 Å². The van der Waals surface area contributed by atoms with Crippen LogP contribution in [0.25, 0.3) is 0 Å². The monoisotopic (exact) mass is 430 g/mol. The van der Waals surface area contributed by atoms with Gasteiger partial charge in [-0.2, -0.15) is 0 Å². The van der Waals surface area contributed by atoms with E-state index in [2.05, 4.69) is 44.4 Å². The van der Waals surface area contributed by atoms with Crippen LogP contribution in [-0.4, -0.2) is 88.1 Å². The van der Waals surface area contributed by atoms with Crippen LogP contribution in [0.1, 0.15) is 30.4 Å². The molecule has 3 fully saturated rings. The van der Waals surface area contributed by atoms with Crippen LogP contribution in [0.2, 0.25) is 0 Å². The molecule has 31 heavy (non-hydrogen) atoms. The van der Waals surface area contributed by atoms with Crippen LogP contribution >= 0.6 is 0 Å². The number of morpholine rings is 1. The van der Waals surface area contributed by atoms with E-state index in [1.54, 1.807) is 0 Å². The van der Waals surface area contributed by atoms with Gasteiger partial charge in [-0.05, 0) is 36.3 Å². The molecule has 1 aromatic rings. The van der Waals surface area contributed by atoms with Crippen LogP contribution in [0.5, 0.6) is 0 Å². The Labute approximate surface area is 186 Å². The average Bonchev–Trinajstić information content (AvgIpc) is 3.28. The highest BCUT2D eigenvalue weighted by Crippen LogP contribution is 2.19. The van der Waals surface area contributed by atoms with Crippen molar-refractivity contribution in [2.24, 2.45) is 10.9 Å². The minimum atomic E-state index is 0.329. The molecular formula is C24H38N4O3. The Balaban J connectivity index is 1.22. The number of likely N-dealkylation sites (tertiary alicyclic amines) is 1. The molecule has 172 valence electrons. The van der Waals surface area contributed by atoms with E-state index in [0.717, 1.165) is 78.0 Å². The van der Waals surface area contributed by atoms with E-state index >= 15 is 0 Å². The summed E-state index contributed by atoms with van der Waals surface area (Å²) in [5.74, 6) is 1.72. The molecular weight excluding hydrogens is 392 g/mol. The first-order valence-electron chi connectivity index (χ1n) is 11.8. The zero-order valence-electron chi connectivity index (χ0n) is 18.9. The van der Waals surface area contributed by atoms with Crippen LogP contribution < -0.4 is 5.32 Å². The molecule has 1 N–H and O–H groups in total. The Morgan fingerprint density at radius 2 is 1.84 bits per heavy atom. The van der Waals surface area contributed by atoms with Crippen molar-refractivity contribution in [3.63, 3.8) is 0 Å². The lowest BCUT2D eigenvalue weighted by atomic mass is 10.1. The van der Waals surface area contributed by atoms with Crippen LogP contribution in [0, 0.1) is 5.92 Å². The highest BCUT2D eigenvalue weighted by molar-refractivity contribution is 5.80. The van der Waals surface area contributed by atoms with Crippen molar-refractivity contribution in [3.8, 4) is 0 Å². The maximum atomic E-state index is 6.08. The van der Waals surface area contributed by atoms with E-state index in [0.29, 0.717) is 18.6 Å². The normalized spacial score (nSPS) is 24.0. The molecule has 1 unspecified atom stereocenters. The van der Waals surface area contributed by atoms with E-state index in [9.17, 15) is 0 Å². The van der Waals surface area contributed by atoms with Crippen molar-refractivity contribution >= 4 is 5.96 Å². The molecule has 0 radical (unpaired) electrons. The van der Waals surface area contributed by atoms with Crippen LogP contribution in [0.3, 0.4) is 0 Å². The number of aliphatic imine (C=N–C) groups is 1. The van der Waals surface area contributed by atoms with Crippen molar-refractivity contribution in [1.82, 2.24) is 15.1 Å². The van der Waals surface area contributed by atoms with Gasteiger partial charge in [-0.1, -0.05) is 24.3 Å². The predicted octanol–water partition coefficient (Wildman–Crippen LogP) is 2.11. The third-order valence-corrected chi connectivity index (χ3v) is 6.51. The Morgan fingerprint density at radius 3 is 2.65 bits per heavy atom. The zero-order valence-corrected chi connectivity index (χ0v) is 18.9. The molecule has 0 amide bonds. The van der Waals surface area contributed by atoms with E-state index < -0.39 is 0 Å². The number of hydrogen-bond acceptors (Lipinski definition) is 5. The maximum absolute atomic E-state index is 6.08. The number of benzene rings is 1. The summed E-state index contributed by atoms with van der Waals surface area (Å²) in [5, 5.41) is 3.57. The number of nitrogens with one attached hydrogen (secondary N) is 1. The molecule has 3 aliphatic rings. The van der Waals surface area contributed by atoms with Crippen molar-refractivity contribution < 1.29 is 14.2 Å². The largest absolute Gasteiger partial charge is 0.381 e. The molecule has 0 spiro atoms. The molecule has 4 rings (SSSR count). The quantitative estimate of drug-likeness (QED) is 0.528. The van der Waals surface area contributed by atoms with Gasteiger partial charge in [-0.25, -0.2) is 0 Å². The lowest BCUT2D eigenvalue weighted by Crippen LogP contribution is -2.42. The molecule has 1 atom stereocenters. The third-order valence-electron chi connectivity index (χ3n) is 6.51. The third kappa shape index (κ3) is 6.91. The van der Waals surface area contributed by atoms with Gasteiger partial charge in [0.25, 0.3) is 0 Å². The Hall–Kier alpha value is -1.67. The minimum Gasteiger partial charge on any atom is -0.381 e. The van der Waals surface area contributed by atoms with Crippen LogP contribution in [0.15, 0.2) is 29.3 Å². The van der Waals surface area contributed by atoms with Gasteiger partial charge in [-0.3, -0.25) is 9.89 Å². The SMILES string of the molecule is CN=C(NCc1cccc(COC2CCOCC2)c1)N1CCC(CN2CCOCC2)C1. The van der Waals surface area contributed by atoms with Crippen molar-refractivity contribution in [2.45, 2.75) is 38.5 Å². The van der Waals surface area contributed by atoms with Crippen molar-refractivity contribution in [1.29, 1.82) is 0 Å². The topological polar surface area (TPSA) is 58.6 Å². The Bertz CT molecular complexity index is 702. The van der Waals surface area contributed by atoms with E-state index in [4.69, 9.17) is 14.2 Å². The number of nitrogens with zero attached hydrogens (tertiary/aromatic N) is 3. The van der Waals surface area contributed by atoms with Crippen LogP contribution in [-0.2, 0) is 27.4 Å². The van der Waals surface area contributed by atoms with Crippen molar-refractivity contribution in [3.05, 3.63) is 35.4 Å². The summed E-state index contributed by atoms with van der Waals surface area (Å²) in [5.41, 5.74) is 2.49. The average molecular weight is 431 g/mol. The lowest BCUT2D eigenvalue weighted by molar-refractivity contribution is -0.0390. The summed E-state index contributed by atoms with van der Waals surface area (Å²) < 4.78 is 17.0. The first kappa shape index (κ1) is 22.5. The molecule has 0 bridgehead atoms. The summed E-state index contributed by atoms with van der Waals surface area (Å²) in [6, 6.07) is 8.68. The van der Waals surface area contributed by atoms with Crippen molar-refractivity contribution in [2.75, 3.05) is 66.2 Å². The molecule has 0 aliphatic carbocycles. The summed E-state index contributed by atoms with van der Waals surface area (Å²) in [4.78, 5) is 9.50. The van der Waals surface area contributed by atoms with Gasteiger partial charge in [0.05, 0.1) is 25.9 Å². The molecule has 0 saturated carbocycles. The molecule has 3 heterocycles. The van der Waals surface area contributed by atoms with Gasteiger partial charge < -0.3 is 24.4 Å². The second kappa shape index (κ2) is 11.8. The second-order valence-corrected chi connectivity index (χ2v) is 8.86. The van der Waals surface area contributed by atoms with Gasteiger partial charge in [0.1, 0.15) is 0 Å². The standard InChI is InChI=1S/C24H38N4O3/c1-25-24(28-8-5-22(18-28)17-27-9-13-30-14-10-27)26-16-20-3-2-4-21(15-20)19-31-23-6-11-29-12-7-23/h2-4,15,22-23H,5-14,16-19H2,1H3,(H,25,26). The van der Waals surface area contributed by atoms with Gasteiger partial charge >= 0.3 is 0 Å². The summed E-state index contributed by atoms with van der Waals surface area (Å²) in [6.07, 6.45) is 3.56.